The van der Waals surface area contributed by atoms with Crippen LogP contribution in [0.15, 0.2) is 30.3 Å². The molecule has 2 nitrogen and oxygen atoms in total. The van der Waals surface area contributed by atoms with Crippen molar-refractivity contribution in [1.82, 2.24) is 4.90 Å². The molecule has 0 aliphatic carbocycles. The highest BCUT2D eigenvalue weighted by molar-refractivity contribution is 5.20. The Kier molecular flexibility index (Phi) is 5.61. The number of benzene rings is 1. The number of hydrogen-bond donors (Lipinski definition) is 0. The van der Waals surface area contributed by atoms with E-state index in [1.165, 1.54) is 24.8 Å². The molecule has 1 heterocycles. The van der Waals surface area contributed by atoms with E-state index in [0.717, 1.165) is 24.9 Å². The molecule has 2 rings (SSSR count). The zero-order valence-electron chi connectivity index (χ0n) is 12.8. The molecule has 0 radical (unpaired) electrons. The molecule has 2 heteroatoms. The number of hydrogen-bond acceptors (Lipinski definition) is 2. The molecular weight excluding hydrogens is 244 g/mol. The van der Waals surface area contributed by atoms with Crippen LogP contribution < -0.4 is 0 Å². The third kappa shape index (κ3) is 3.84. The van der Waals surface area contributed by atoms with Gasteiger partial charge in [-0.25, -0.2) is 0 Å². The zero-order chi connectivity index (χ0) is 14.4. The first kappa shape index (κ1) is 15.1. The fraction of sp³-hybridized carbons (Fsp3) is 0.611. The summed E-state index contributed by atoms with van der Waals surface area (Å²) in [5, 5.41) is 9.16. The summed E-state index contributed by atoms with van der Waals surface area (Å²) >= 11 is 0. The minimum atomic E-state index is 0.270. The normalized spacial score (nSPS) is 22.2. The van der Waals surface area contributed by atoms with Crippen LogP contribution in [0.1, 0.15) is 51.1 Å². The quantitative estimate of drug-likeness (QED) is 0.811. The average Bonchev–Trinajstić information content (AvgIpc) is 2.71. The topological polar surface area (TPSA) is 27.0 Å². The highest BCUT2D eigenvalue weighted by Crippen LogP contribution is 2.30. The first-order valence-electron chi connectivity index (χ1n) is 7.88. The van der Waals surface area contributed by atoms with Crippen LogP contribution in [-0.2, 0) is 0 Å². The number of likely N-dealkylation sites (tertiary alicyclic amines) is 1. The van der Waals surface area contributed by atoms with E-state index in [1.54, 1.807) is 0 Å². The summed E-state index contributed by atoms with van der Waals surface area (Å²) in [6.07, 6.45) is 4.46. The summed E-state index contributed by atoms with van der Waals surface area (Å²) in [7, 11) is 0. The van der Waals surface area contributed by atoms with Gasteiger partial charge in [-0.1, -0.05) is 44.2 Å². The van der Waals surface area contributed by atoms with Crippen molar-refractivity contribution in [3.8, 4) is 6.07 Å². The van der Waals surface area contributed by atoms with Crippen molar-refractivity contribution in [2.75, 3.05) is 13.1 Å². The van der Waals surface area contributed by atoms with E-state index in [9.17, 15) is 0 Å². The molecule has 0 bridgehead atoms. The third-order valence-corrected chi connectivity index (χ3v) is 4.66. The minimum Gasteiger partial charge on any atom is -0.295 e. The second kappa shape index (κ2) is 7.45. The van der Waals surface area contributed by atoms with Gasteiger partial charge in [0.2, 0.25) is 0 Å². The van der Waals surface area contributed by atoms with Gasteiger partial charge >= 0.3 is 0 Å². The van der Waals surface area contributed by atoms with Gasteiger partial charge in [-0.05, 0) is 49.8 Å². The van der Waals surface area contributed by atoms with Crippen LogP contribution in [0.3, 0.4) is 0 Å². The second-order valence-corrected chi connectivity index (χ2v) is 6.26. The van der Waals surface area contributed by atoms with Crippen molar-refractivity contribution in [2.45, 2.75) is 45.6 Å². The monoisotopic (exact) mass is 270 g/mol. The van der Waals surface area contributed by atoms with E-state index in [2.05, 4.69) is 49.1 Å². The van der Waals surface area contributed by atoms with Gasteiger partial charge in [0, 0.05) is 6.04 Å². The van der Waals surface area contributed by atoms with Crippen LogP contribution in [0.4, 0.5) is 0 Å². The molecule has 1 fully saturated rings. The molecular formula is C18H26N2. The molecule has 108 valence electrons. The number of nitrogens with zero attached hydrogens (tertiary/aromatic N) is 2. The molecule has 1 saturated heterocycles. The summed E-state index contributed by atoms with van der Waals surface area (Å²) in [4.78, 5) is 2.53. The molecule has 1 aliphatic heterocycles. The average molecular weight is 270 g/mol. The predicted molar refractivity (Wildman–Crippen MR) is 83.2 cm³/mol. The Balaban J connectivity index is 2.09. The van der Waals surface area contributed by atoms with Crippen molar-refractivity contribution < 1.29 is 0 Å². The van der Waals surface area contributed by atoms with Crippen molar-refractivity contribution in [3.05, 3.63) is 35.9 Å². The van der Waals surface area contributed by atoms with Crippen LogP contribution in [0.2, 0.25) is 0 Å². The molecule has 0 saturated carbocycles. The summed E-state index contributed by atoms with van der Waals surface area (Å²) in [5.74, 6) is 1.62. The standard InChI is InChI=1S/C18H26N2/c1-15(2)16-9-6-13-20(14-11-16)18(10-12-19)17-7-4-3-5-8-17/h3-5,7-8,15-16,18H,6,9-11,13-14H2,1-2H3. The molecule has 1 aliphatic rings. The Morgan fingerprint density at radius 2 is 1.95 bits per heavy atom. The van der Waals surface area contributed by atoms with Gasteiger partial charge in [0.25, 0.3) is 0 Å². The van der Waals surface area contributed by atoms with Crippen molar-refractivity contribution in [2.24, 2.45) is 11.8 Å². The van der Waals surface area contributed by atoms with Crippen LogP contribution in [-0.4, -0.2) is 18.0 Å². The lowest BCUT2D eigenvalue weighted by molar-refractivity contribution is 0.201. The van der Waals surface area contributed by atoms with E-state index in [4.69, 9.17) is 5.26 Å². The maximum absolute atomic E-state index is 9.16. The lowest BCUT2D eigenvalue weighted by Crippen LogP contribution is -2.30. The Bertz CT molecular complexity index is 432. The molecule has 1 aromatic carbocycles. The lowest BCUT2D eigenvalue weighted by atomic mass is 9.89. The van der Waals surface area contributed by atoms with Crippen molar-refractivity contribution in [1.29, 1.82) is 5.26 Å². The Morgan fingerprint density at radius 3 is 2.60 bits per heavy atom. The molecule has 2 atom stereocenters. The van der Waals surface area contributed by atoms with Gasteiger partial charge in [0.15, 0.2) is 0 Å². The molecule has 0 amide bonds. The molecule has 0 aromatic heterocycles. The van der Waals surface area contributed by atoms with E-state index in [1.807, 2.05) is 6.07 Å². The Hall–Kier alpha value is -1.33. The maximum atomic E-state index is 9.16. The zero-order valence-corrected chi connectivity index (χ0v) is 12.8. The largest absolute Gasteiger partial charge is 0.295 e. The molecule has 1 aromatic rings. The summed E-state index contributed by atoms with van der Waals surface area (Å²) in [6, 6.07) is 13.2. The summed E-state index contributed by atoms with van der Waals surface area (Å²) < 4.78 is 0. The molecule has 2 unspecified atom stereocenters. The highest BCUT2D eigenvalue weighted by atomic mass is 15.2. The number of nitriles is 1. The van der Waals surface area contributed by atoms with E-state index < -0.39 is 0 Å². The Morgan fingerprint density at radius 1 is 1.20 bits per heavy atom. The smallest absolute Gasteiger partial charge is 0.0641 e. The fourth-order valence-corrected chi connectivity index (χ4v) is 3.34. The van der Waals surface area contributed by atoms with Gasteiger partial charge in [-0.2, -0.15) is 5.26 Å². The van der Waals surface area contributed by atoms with E-state index >= 15 is 0 Å². The number of rotatable bonds is 4. The van der Waals surface area contributed by atoms with Crippen LogP contribution in [0.5, 0.6) is 0 Å². The van der Waals surface area contributed by atoms with Gasteiger partial charge in [-0.3, -0.25) is 4.90 Å². The van der Waals surface area contributed by atoms with Gasteiger partial charge in [0.1, 0.15) is 0 Å². The van der Waals surface area contributed by atoms with Gasteiger partial charge in [0.05, 0.1) is 12.5 Å². The third-order valence-electron chi connectivity index (χ3n) is 4.66. The van der Waals surface area contributed by atoms with Crippen LogP contribution in [0, 0.1) is 23.2 Å². The SMILES string of the molecule is CC(C)C1CCCN(C(CC#N)c2ccccc2)CC1. The van der Waals surface area contributed by atoms with Crippen molar-refractivity contribution >= 4 is 0 Å². The van der Waals surface area contributed by atoms with Crippen molar-refractivity contribution in [3.63, 3.8) is 0 Å². The van der Waals surface area contributed by atoms with E-state index in [-0.39, 0.29) is 6.04 Å². The predicted octanol–water partition coefficient (Wildman–Crippen LogP) is 4.40. The minimum absolute atomic E-state index is 0.270. The van der Waals surface area contributed by atoms with Gasteiger partial charge in [-0.15, -0.1) is 0 Å². The molecule has 0 spiro atoms. The van der Waals surface area contributed by atoms with E-state index in [0.29, 0.717) is 6.42 Å². The van der Waals surface area contributed by atoms with Crippen LogP contribution >= 0.6 is 0 Å². The molecule has 0 N–H and O–H groups in total. The maximum Gasteiger partial charge on any atom is 0.0641 e. The Labute approximate surface area is 123 Å². The first-order chi connectivity index (χ1) is 9.72. The van der Waals surface area contributed by atoms with Crippen LogP contribution in [0.25, 0.3) is 0 Å². The highest BCUT2D eigenvalue weighted by Gasteiger charge is 2.25. The second-order valence-electron chi connectivity index (χ2n) is 6.26. The van der Waals surface area contributed by atoms with Gasteiger partial charge < -0.3 is 0 Å². The summed E-state index contributed by atoms with van der Waals surface area (Å²) in [5.41, 5.74) is 1.29. The molecule has 20 heavy (non-hydrogen) atoms. The fourth-order valence-electron chi connectivity index (χ4n) is 3.34. The first-order valence-corrected chi connectivity index (χ1v) is 7.88. The lowest BCUT2D eigenvalue weighted by Gasteiger charge is -2.29. The summed E-state index contributed by atoms with van der Waals surface area (Å²) in [6.45, 7) is 6.93.